The first-order chi connectivity index (χ1) is 16.9. The van der Waals surface area contributed by atoms with E-state index in [2.05, 4.69) is 84.3 Å². The zero-order chi connectivity index (χ0) is 24.5. The fourth-order valence-electron chi connectivity index (χ4n) is 6.28. The topological polar surface area (TPSA) is 38.4 Å². The third-order valence-corrected chi connectivity index (χ3v) is 8.24. The largest absolute Gasteiger partial charge is 0.459 e. The van der Waals surface area contributed by atoms with Crippen molar-refractivity contribution in [1.82, 2.24) is 4.57 Å². The van der Waals surface area contributed by atoms with Gasteiger partial charge in [-0.15, -0.1) is 0 Å². The Kier molecular flexibility index (Phi) is 6.86. The lowest BCUT2D eigenvalue weighted by atomic mass is 9.75. The molecule has 2 aromatic carbocycles. The fourth-order valence-corrected chi connectivity index (χ4v) is 6.28. The van der Waals surface area contributed by atoms with E-state index in [1.165, 1.54) is 24.9 Å². The standard InChI is InChI=1S/C30H40N3O2/c1-21(2)25-16-11-22(3)19-28(25)35-29(34)20-33-27-10-6-5-9-26(27)31(4)30(33)23-12-14-24(15-13-23)32-17-7-8-18-32/h5-6,9-10,12-15,21-22,25,28H,7-8,11,16-20H2,1-4H3/q+1/t22-,25+,28?/m1/s1. The Balaban J connectivity index is 1.44. The lowest BCUT2D eigenvalue weighted by molar-refractivity contribution is -0.634. The highest BCUT2D eigenvalue weighted by atomic mass is 16.5. The Morgan fingerprint density at radius 3 is 2.49 bits per heavy atom. The van der Waals surface area contributed by atoms with E-state index in [9.17, 15) is 4.79 Å². The number of ether oxygens (including phenoxy) is 1. The molecule has 1 unspecified atom stereocenters. The fraction of sp³-hybridized carbons (Fsp3) is 0.533. The van der Waals surface area contributed by atoms with Crippen LogP contribution in [0.5, 0.6) is 0 Å². The van der Waals surface area contributed by atoms with Crippen LogP contribution in [0.25, 0.3) is 22.4 Å². The third-order valence-electron chi connectivity index (χ3n) is 8.24. The summed E-state index contributed by atoms with van der Waals surface area (Å²) >= 11 is 0. The Labute approximate surface area is 209 Å². The minimum atomic E-state index is -0.133. The maximum absolute atomic E-state index is 13.4. The molecule has 186 valence electrons. The lowest BCUT2D eigenvalue weighted by Gasteiger charge is -2.36. The van der Waals surface area contributed by atoms with E-state index in [0.29, 0.717) is 17.8 Å². The molecule has 3 atom stereocenters. The van der Waals surface area contributed by atoms with Crippen LogP contribution in [0.1, 0.15) is 52.9 Å². The molecule has 1 saturated carbocycles. The number of carbonyl (C=O) groups excluding carboxylic acids is 1. The first-order valence-corrected chi connectivity index (χ1v) is 13.4. The van der Waals surface area contributed by atoms with E-state index in [1.54, 1.807) is 0 Å². The third kappa shape index (κ3) is 4.82. The van der Waals surface area contributed by atoms with Crippen molar-refractivity contribution in [3.05, 3.63) is 48.5 Å². The van der Waals surface area contributed by atoms with Gasteiger partial charge in [0.05, 0.1) is 12.6 Å². The molecule has 5 rings (SSSR count). The van der Waals surface area contributed by atoms with Crippen molar-refractivity contribution in [1.29, 1.82) is 0 Å². The summed E-state index contributed by atoms with van der Waals surface area (Å²) in [5, 5.41) is 0. The van der Waals surface area contributed by atoms with Gasteiger partial charge in [0.25, 0.3) is 5.82 Å². The number of para-hydroxylation sites is 2. The van der Waals surface area contributed by atoms with Gasteiger partial charge in [0.2, 0.25) is 0 Å². The molecule has 1 aliphatic heterocycles. The highest BCUT2D eigenvalue weighted by molar-refractivity contribution is 5.80. The van der Waals surface area contributed by atoms with E-state index in [4.69, 9.17) is 4.74 Å². The molecular formula is C30H40N3O2+. The van der Waals surface area contributed by atoms with E-state index in [0.717, 1.165) is 48.4 Å². The number of hydrogen-bond donors (Lipinski definition) is 0. The Bertz CT molecular complexity index is 1170. The zero-order valence-corrected chi connectivity index (χ0v) is 21.7. The van der Waals surface area contributed by atoms with Gasteiger partial charge in [-0.25, -0.2) is 13.9 Å². The van der Waals surface area contributed by atoms with Gasteiger partial charge in [0, 0.05) is 18.8 Å². The van der Waals surface area contributed by atoms with Crippen LogP contribution < -0.4 is 9.47 Å². The smallest absolute Gasteiger partial charge is 0.348 e. The number of esters is 1. The van der Waals surface area contributed by atoms with Crippen LogP contribution in [0.2, 0.25) is 0 Å². The molecule has 3 aromatic rings. The molecule has 1 saturated heterocycles. The van der Waals surface area contributed by atoms with E-state index in [-0.39, 0.29) is 18.6 Å². The van der Waals surface area contributed by atoms with E-state index >= 15 is 0 Å². The number of carbonyl (C=O) groups is 1. The van der Waals surface area contributed by atoms with Crippen LogP contribution >= 0.6 is 0 Å². The minimum Gasteiger partial charge on any atom is -0.459 e. The molecule has 0 N–H and O–H groups in total. The second-order valence-electron chi connectivity index (χ2n) is 11.1. The SMILES string of the molecule is CC(C)[C@@H]1CC[C@@H](C)CC1OC(=O)Cn1c(-c2ccc(N3CCCC3)cc2)[n+](C)c2ccccc21. The summed E-state index contributed by atoms with van der Waals surface area (Å²) in [6.45, 7) is 9.28. The summed E-state index contributed by atoms with van der Waals surface area (Å²) in [6, 6.07) is 17.2. The second-order valence-corrected chi connectivity index (χ2v) is 11.1. The van der Waals surface area contributed by atoms with Crippen LogP contribution in [0.4, 0.5) is 5.69 Å². The summed E-state index contributed by atoms with van der Waals surface area (Å²) in [6.07, 6.45) is 5.90. The van der Waals surface area contributed by atoms with E-state index < -0.39 is 0 Å². The number of aryl methyl sites for hydroxylation is 1. The van der Waals surface area contributed by atoms with Crippen LogP contribution in [0, 0.1) is 17.8 Å². The summed E-state index contributed by atoms with van der Waals surface area (Å²) in [7, 11) is 2.09. The highest BCUT2D eigenvalue weighted by Crippen LogP contribution is 2.35. The van der Waals surface area contributed by atoms with Gasteiger partial charge in [0.1, 0.15) is 6.10 Å². The van der Waals surface area contributed by atoms with Gasteiger partial charge in [-0.05, 0) is 79.8 Å². The number of imidazole rings is 1. The molecular weight excluding hydrogens is 434 g/mol. The average Bonchev–Trinajstić information content (AvgIpc) is 3.47. The first-order valence-electron chi connectivity index (χ1n) is 13.4. The van der Waals surface area contributed by atoms with E-state index in [1.807, 2.05) is 6.07 Å². The molecule has 0 bridgehead atoms. The zero-order valence-electron chi connectivity index (χ0n) is 21.7. The van der Waals surface area contributed by atoms with Gasteiger partial charge in [-0.3, -0.25) is 0 Å². The predicted octanol–water partition coefficient (Wildman–Crippen LogP) is 5.74. The molecule has 5 nitrogen and oxygen atoms in total. The number of fused-ring (bicyclic) bond motifs is 1. The molecule has 1 aliphatic carbocycles. The Morgan fingerprint density at radius 2 is 1.77 bits per heavy atom. The van der Waals surface area contributed by atoms with Crippen LogP contribution in [0.15, 0.2) is 48.5 Å². The van der Waals surface area contributed by atoms with Gasteiger partial charge in [-0.2, -0.15) is 0 Å². The summed E-state index contributed by atoms with van der Waals surface area (Å²) in [4.78, 5) is 15.8. The molecule has 2 heterocycles. The van der Waals surface area contributed by atoms with Gasteiger partial charge >= 0.3 is 5.97 Å². The Hall–Kier alpha value is -2.82. The maximum Gasteiger partial charge on any atom is 0.348 e. The molecule has 0 radical (unpaired) electrons. The monoisotopic (exact) mass is 474 g/mol. The van der Waals surface area contributed by atoms with Crippen molar-refractivity contribution >= 4 is 22.7 Å². The second kappa shape index (κ2) is 10.0. The number of benzene rings is 2. The molecule has 35 heavy (non-hydrogen) atoms. The number of aromatic nitrogens is 2. The highest BCUT2D eigenvalue weighted by Gasteiger charge is 2.34. The molecule has 0 spiro atoms. The van der Waals surface area contributed by atoms with Crippen LogP contribution in [0.3, 0.4) is 0 Å². The van der Waals surface area contributed by atoms with Gasteiger partial charge in [-0.1, -0.05) is 39.3 Å². The van der Waals surface area contributed by atoms with Crippen molar-refractivity contribution in [2.75, 3.05) is 18.0 Å². The Morgan fingerprint density at radius 1 is 1.06 bits per heavy atom. The van der Waals surface area contributed by atoms with Crippen molar-refractivity contribution in [2.45, 2.75) is 65.5 Å². The minimum absolute atomic E-state index is 0.0185. The average molecular weight is 475 g/mol. The molecule has 0 amide bonds. The van der Waals surface area contributed by atoms with Crippen molar-refractivity contribution in [3.8, 4) is 11.4 Å². The quantitative estimate of drug-likeness (QED) is 0.338. The van der Waals surface area contributed by atoms with Crippen LogP contribution in [-0.2, 0) is 23.1 Å². The number of nitrogens with zero attached hydrogens (tertiary/aromatic N) is 3. The van der Waals surface area contributed by atoms with Crippen molar-refractivity contribution in [2.24, 2.45) is 24.8 Å². The van der Waals surface area contributed by atoms with Gasteiger partial charge in [0.15, 0.2) is 17.6 Å². The van der Waals surface area contributed by atoms with Gasteiger partial charge < -0.3 is 9.64 Å². The molecule has 5 heteroatoms. The normalized spacial score (nSPS) is 22.8. The molecule has 1 aromatic heterocycles. The molecule has 2 aliphatic rings. The number of anilines is 1. The number of rotatable bonds is 6. The summed E-state index contributed by atoms with van der Waals surface area (Å²) in [5.41, 5.74) is 4.57. The maximum atomic E-state index is 13.4. The summed E-state index contributed by atoms with van der Waals surface area (Å²) in [5.74, 6) is 2.48. The predicted molar refractivity (Wildman–Crippen MR) is 141 cm³/mol. The van der Waals surface area contributed by atoms with Crippen molar-refractivity contribution in [3.63, 3.8) is 0 Å². The summed E-state index contributed by atoms with van der Waals surface area (Å²) < 4.78 is 10.5. The van der Waals surface area contributed by atoms with Crippen molar-refractivity contribution < 1.29 is 14.1 Å². The number of hydrogen-bond acceptors (Lipinski definition) is 3. The molecule has 2 fully saturated rings. The van der Waals surface area contributed by atoms with Crippen LogP contribution in [-0.4, -0.2) is 29.7 Å². The lowest BCUT2D eigenvalue weighted by Crippen LogP contribution is -2.37. The first kappa shape index (κ1) is 23.9.